The molecule has 34 heavy (non-hydrogen) atoms. The van der Waals surface area contributed by atoms with Crippen molar-refractivity contribution in [1.29, 1.82) is 0 Å². The monoisotopic (exact) mass is 507 g/mol. The van der Waals surface area contributed by atoms with Gasteiger partial charge in [-0.2, -0.15) is 11.8 Å². The van der Waals surface area contributed by atoms with Crippen LogP contribution in [-0.4, -0.2) is 93.8 Å². The van der Waals surface area contributed by atoms with Crippen molar-refractivity contribution in [2.24, 2.45) is 11.5 Å². The van der Waals surface area contributed by atoms with Gasteiger partial charge in [-0.05, 0) is 51.2 Å². The van der Waals surface area contributed by atoms with Crippen molar-refractivity contribution in [2.45, 2.75) is 75.7 Å². The van der Waals surface area contributed by atoms with Crippen LogP contribution in [0, 0.1) is 0 Å². The molecular formula is C20H37N5O8S. The summed E-state index contributed by atoms with van der Waals surface area (Å²) >= 11 is 1.43. The number of carboxylic acid groups (broad SMARTS) is 2. The quantitative estimate of drug-likeness (QED) is 0.0943. The lowest BCUT2D eigenvalue weighted by molar-refractivity contribution is -0.144. The van der Waals surface area contributed by atoms with Crippen LogP contribution >= 0.6 is 11.8 Å². The zero-order valence-electron chi connectivity index (χ0n) is 19.5. The minimum atomic E-state index is -1.54. The molecule has 0 aromatic heterocycles. The largest absolute Gasteiger partial charge is 0.481 e. The highest BCUT2D eigenvalue weighted by atomic mass is 32.2. The van der Waals surface area contributed by atoms with Gasteiger partial charge in [0.25, 0.3) is 0 Å². The normalized spacial score (nSPS) is 15.3. The maximum absolute atomic E-state index is 12.8. The molecule has 0 saturated carbocycles. The van der Waals surface area contributed by atoms with E-state index in [4.69, 9.17) is 16.6 Å². The molecule has 3 amide bonds. The second-order valence-electron chi connectivity index (χ2n) is 7.79. The Morgan fingerprint density at radius 2 is 1.50 bits per heavy atom. The van der Waals surface area contributed by atoms with Crippen LogP contribution in [0.4, 0.5) is 0 Å². The Kier molecular flexibility index (Phi) is 15.9. The summed E-state index contributed by atoms with van der Waals surface area (Å²) in [5, 5.41) is 35.0. The number of carboxylic acids is 2. The Morgan fingerprint density at radius 3 is 2.00 bits per heavy atom. The number of thioether (sulfide) groups is 1. The Labute approximate surface area is 202 Å². The summed E-state index contributed by atoms with van der Waals surface area (Å²) in [5.41, 5.74) is 11.3. The summed E-state index contributed by atoms with van der Waals surface area (Å²) in [6.07, 6.45) is 1.46. The number of aliphatic carboxylic acids is 2. The molecule has 5 unspecified atom stereocenters. The van der Waals surface area contributed by atoms with Crippen molar-refractivity contribution in [3.05, 3.63) is 0 Å². The Balaban J connectivity index is 5.30. The number of amides is 3. The second kappa shape index (κ2) is 17.1. The molecule has 0 fully saturated rings. The van der Waals surface area contributed by atoms with Gasteiger partial charge < -0.3 is 42.7 Å². The molecular weight excluding hydrogens is 470 g/mol. The first kappa shape index (κ1) is 31.6. The van der Waals surface area contributed by atoms with Gasteiger partial charge in [0.1, 0.15) is 18.1 Å². The number of aliphatic hydroxyl groups is 1. The fraction of sp³-hybridized carbons (Fsp3) is 0.750. The SMILES string of the molecule is CSCCC(NC(=O)C(N)CCCCN)C(=O)NC(C(=O)NC(CCC(=O)O)C(=O)O)C(C)O. The van der Waals surface area contributed by atoms with E-state index in [9.17, 15) is 34.2 Å². The van der Waals surface area contributed by atoms with E-state index in [2.05, 4.69) is 16.0 Å². The van der Waals surface area contributed by atoms with Gasteiger partial charge in [0.05, 0.1) is 12.1 Å². The van der Waals surface area contributed by atoms with Gasteiger partial charge in [-0.25, -0.2) is 4.79 Å². The minimum Gasteiger partial charge on any atom is -0.481 e. The van der Waals surface area contributed by atoms with Crippen LogP contribution in [0.25, 0.3) is 0 Å². The zero-order chi connectivity index (χ0) is 26.3. The molecule has 196 valence electrons. The lowest BCUT2D eigenvalue weighted by atomic mass is 10.1. The zero-order valence-corrected chi connectivity index (χ0v) is 20.3. The second-order valence-corrected chi connectivity index (χ2v) is 8.78. The van der Waals surface area contributed by atoms with Crippen molar-refractivity contribution < 1.29 is 39.3 Å². The molecule has 0 rings (SSSR count). The summed E-state index contributed by atoms with van der Waals surface area (Å²) in [6, 6.07) is -4.96. The molecule has 0 aromatic rings. The van der Waals surface area contributed by atoms with Crippen LogP contribution in [0.3, 0.4) is 0 Å². The minimum absolute atomic E-state index is 0.221. The average molecular weight is 508 g/mol. The lowest BCUT2D eigenvalue weighted by Crippen LogP contribution is -2.59. The number of aliphatic hydroxyl groups excluding tert-OH is 1. The molecule has 0 aliphatic carbocycles. The average Bonchev–Trinajstić information content (AvgIpc) is 2.76. The standard InChI is InChI=1S/C20H37N5O8S/c1-11(26)16(19(31)24-14(20(32)33)6-7-15(27)28)25-18(30)13(8-10-34-2)23-17(29)12(22)5-3-4-9-21/h11-14,16,26H,3-10,21-22H2,1-2H3,(H,23,29)(H,24,31)(H,25,30)(H,27,28)(H,32,33). The first-order valence-electron chi connectivity index (χ1n) is 10.9. The van der Waals surface area contributed by atoms with E-state index in [1.54, 1.807) is 0 Å². The summed E-state index contributed by atoms with van der Waals surface area (Å²) in [7, 11) is 0. The van der Waals surface area contributed by atoms with E-state index < -0.39 is 66.4 Å². The van der Waals surface area contributed by atoms with E-state index in [1.165, 1.54) is 18.7 Å². The summed E-state index contributed by atoms with van der Waals surface area (Å²) in [4.78, 5) is 59.9. The number of carbonyl (C=O) groups is 5. The number of hydrogen-bond donors (Lipinski definition) is 8. The van der Waals surface area contributed by atoms with Crippen molar-refractivity contribution in [3.8, 4) is 0 Å². The maximum atomic E-state index is 12.8. The van der Waals surface area contributed by atoms with Crippen LogP contribution in [0.5, 0.6) is 0 Å². The third kappa shape index (κ3) is 12.7. The van der Waals surface area contributed by atoms with Gasteiger partial charge in [-0.3, -0.25) is 19.2 Å². The Bertz CT molecular complexity index is 694. The first-order chi connectivity index (χ1) is 15.9. The number of unbranched alkanes of at least 4 members (excludes halogenated alkanes) is 1. The van der Waals surface area contributed by atoms with Gasteiger partial charge >= 0.3 is 11.9 Å². The van der Waals surface area contributed by atoms with Crippen molar-refractivity contribution in [3.63, 3.8) is 0 Å². The lowest BCUT2D eigenvalue weighted by Gasteiger charge is -2.26. The first-order valence-corrected chi connectivity index (χ1v) is 12.3. The van der Waals surface area contributed by atoms with E-state index >= 15 is 0 Å². The van der Waals surface area contributed by atoms with Crippen molar-refractivity contribution in [2.75, 3.05) is 18.6 Å². The van der Waals surface area contributed by atoms with Crippen molar-refractivity contribution in [1.82, 2.24) is 16.0 Å². The van der Waals surface area contributed by atoms with Gasteiger partial charge in [0, 0.05) is 6.42 Å². The molecule has 5 atom stereocenters. The molecule has 0 bridgehead atoms. The van der Waals surface area contributed by atoms with Gasteiger partial charge in [0.15, 0.2) is 0 Å². The van der Waals surface area contributed by atoms with E-state index in [0.29, 0.717) is 31.6 Å². The molecule has 0 saturated heterocycles. The third-order valence-electron chi connectivity index (χ3n) is 4.87. The van der Waals surface area contributed by atoms with E-state index in [-0.39, 0.29) is 12.8 Å². The molecule has 13 nitrogen and oxygen atoms in total. The topological polar surface area (TPSA) is 234 Å². The van der Waals surface area contributed by atoms with Gasteiger partial charge in [-0.1, -0.05) is 6.42 Å². The number of hydrogen-bond acceptors (Lipinski definition) is 9. The number of nitrogens with one attached hydrogen (secondary N) is 3. The summed E-state index contributed by atoms with van der Waals surface area (Å²) < 4.78 is 0. The van der Waals surface area contributed by atoms with Gasteiger partial charge in [-0.15, -0.1) is 0 Å². The van der Waals surface area contributed by atoms with Gasteiger partial charge in [0.2, 0.25) is 17.7 Å². The smallest absolute Gasteiger partial charge is 0.326 e. The predicted octanol–water partition coefficient (Wildman–Crippen LogP) is -2.02. The van der Waals surface area contributed by atoms with E-state index in [0.717, 1.165) is 0 Å². The fourth-order valence-corrected chi connectivity index (χ4v) is 3.34. The predicted molar refractivity (Wildman–Crippen MR) is 126 cm³/mol. The summed E-state index contributed by atoms with van der Waals surface area (Å²) in [5.74, 6) is -4.50. The Hall–Kier alpha value is -2.42. The third-order valence-corrected chi connectivity index (χ3v) is 5.52. The number of carbonyl (C=O) groups excluding carboxylic acids is 3. The highest BCUT2D eigenvalue weighted by Crippen LogP contribution is 2.06. The maximum Gasteiger partial charge on any atom is 0.326 e. The molecule has 0 aliphatic heterocycles. The van der Waals surface area contributed by atoms with Crippen LogP contribution in [0.2, 0.25) is 0 Å². The molecule has 0 aromatic carbocycles. The van der Waals surface area contributed by atoms with Crippen LogP contribution < -0.4 is 27.4 Å². The Morgan fingerprint density at radius 1 is 0.882 bits per heavy atom. The van der Waals surface area contributed by atoms with Crippen LogP contribution in [0.15, 0.2) is 0 Å². The van der Waals surface area contributed by atoms with Crippen LogP contribution in [-0.2, 0) is 24.0 Å². The molecule has 0 radical (unpaired) electrons. The van der Waals surface area contributed by atoms with Crippen LogP contribution in [0.1, 0.15) is 45.4 Å². The molecule has 0 aliphatic rings. The number of nitrogens with two attached hydrogens (primary N) is 2. The van der Waals surface area contributed by atoms with Crippen molar-refractivity contribution >= 4 is 41.4 Å². The van der Waals surface area contributed by atoms with E-state index in [1.807, 2.05) is 6.26 Å². The molecule has 14 heteroatoms. The highest BCUT2D eigenvalue weighted by molar-refractivity contribution is 7.98. The fourth-order valence-electron chi connectivity index (χ4n) is 2.87. The summed E-state index contributed by atoms with van der Waals surface area (Å²) in [6.45, 7) is 1.69. The molecule has 10 N–H and O–H groups in total. The molecule has 0 spiro atoms. The molecule has 0 heterocycles. The number of rotatable bonds is 18. The highest BCUT2D eigenvalue weighted by Gasteiger charge is 2.32.